The number of ether oxygens (including phenoxy) is 2. The SMILES string of the molecule is Cc1cccc(COCCCCCOCc2ccc3ccccc3n2)c1C(=O)O. The highest BCUT2D eigenvalue weighted by atomic mass is 16.5. The fourth-order valence-corrected chi connectivity index (χ4v) is 3.29. The molecule has 0 atom stereocenters. The Bertz CT molecular complexity index is 955. The molecule has 0 saturated carbocycles. The minimum atomic E-state index is -0.903. The number of hydrogen-bond donors (Lipinski definition) is 1. The number of carboxylic acids is 1. The molecule has 3 aromatic rings. The van der Waals surface area contributed by atoms with Gasteiger partial charge in [-0.3, -0.25) is 4.98 Å². The van der Waals surface area contributed by atoms with Gasteiger partial charge in [0.2, 0.25) is 0 Å². The standard InChI is InChI=1S/C24H27NO4/c1-18-8-7-10-20(23(18)24(26)27)16-28-14-5-2-6-15-29-17-21-13-12-19-9-3-4-11-22(19)25-21/h3-4,7-13H,2,5-6,14-17H2,1H3,(H,26,27). The van der Waals surface area contributed by atoms with Crippen LogP contribution >= 0.6 is 0 Å². The summed E-state index contributed by atoms with van der Waals surface area (Å²) in [6.45, 7) is 3.95. The molecule has 1 heterocycles. The van der Waals surface area contributed by atoms with Crippen LogP contribution in [0, 0.1) is 6.92 Å². The zero-order valence-corrected chi connectivity index (χ0v) is 16.8. The molecule has 29 heavy (non-hydrogen) atoms. The van der Waals surface area contributed by atoms with Gasteiger partial charge in [0.05, 0.1) is 30.0 Å². The summed E-state index contributed by atoms with van der Waals surface area (Å²) < 4.78 is 11.4. The van der Waals surface area contributed by atoms with E-state index in [0.29, 0.717) is 32.0 Å². The molecule has 152 valence electrons. The second-order valence-electron chi connectivity index (χ2n) is 7.08. The molecule has 0 fully saturated rings. The van der Waals surface area contributed by atoms with Crippen molar-refractivity contribution in [2.24, 2.45) is 0 Å². The Morgan fingerprint density at radius 3 is 2.45 bits per heavy atom. The largest absolute Gasteiger partial charge is 0.478 e. The predicted octanol–water partition coefficient (Wildman–Crippen LogP) is 5.15. The first-order valence-corrected chi connectivity index (χ1v) is 9.97. The van der Waals surface area contributed by atoms with Crippen molar-refractivity contribution < 1.29 is 19.4 Å². The smallest absolute Gasteiger partial charge is 0.336 e. The molecule has 0 radical (unpaired) electrons. The predicted molar refractivity (Wildman–Crippen MR) is 113 cm³/mol. The van der Waals surface area contributed by atoms with E-state index in [0.717, 1.165) is 47.0 Å². The monoisotopic (exact) mass is 393 g/mol. The van der Waals surface area contributed by atoms with E-state index in [-0.39, 0.29) is 0 Å². The number of pyridine rings is 1. The van der Waals surface area contributed by atoms with Crippen LogP contribution in [0.25, 0.3) is 10.9 Å². The van der Waals surface area contributed by atoms with E-state index in [9.17, 15) is 9.90 Å². The van der Waals surface area contributed by atoms with Crippen molar-refractivity contribution in [3.8, 4) is 0 Å². The average Bonchev–Trinajstić information content (AvgIpc) is 2.72. The maximum absolute atomic E-state index is 11.4. The third kappa shape index (κ3) is 6.11. The first-order valence-electron chi connectivity index (χ1n) is 9.97. The highest BCUT2D eigenvalue weighted by Gasteiger charge is 2.12. The molecular weight excluding hydrogens is 366 g/mol. The number of aromatic carboxylic acids is 1. The van der Waals surface area contributed by atoms with Gasteiger partial charge in [-0.2, -0.15) is 0 Å². The fourth-order valence-electron chi connectivity index (χ4n) is 3.29. The van der Waals surface area contributed by atoms with E-state index in [1.807, 2.05) is 36.4 Å². The van der Waals surface area contributed by atoms with Gasteiger partial charge in [-0.05, 0) is 49.4 Å². The Kier molecular flexibility index (Phi) is 7.73. The van der Waals surface area contributed by atoms with E-state index >= 15 is 0 Å². The molecule has 1 aromatic heterocycles. The lowest BCUT2D eigenvalue weighted by molar-refractivity contribution is 0.0684. The first kappa shape index (κ1) is 21.0. The highest BCUT2D eigenvalue weighted by molar-refractivity contribution is 5.91. The number of fused-ring (bicyclic) bond motifs is 1. The molecule has 5 heteroatoms. The summed E-state index contributed by atoms with van der Waals surface area (Å²) in [4.78, 5) is 16.0. The second kappa shape index (κ2) is 10.7. The van der Waals surface area contributed by atoms with Crippen LogP contribution < -0.4 is 0 Å². The zero-order chi connectivity index (χ0) is 20.5. The number of aromatic nitrogens is 1. The summed E-state index contributed by atoms with van der Waals surface area (Å²) >= 11 is 0. The van der Waals surface area contributed by atoms with E-state index in [1.54, 1.807) is 13.0 Å². The number of hydrogen-bond acceptors (Lipinski definition) is 4. The molecule has 5 nitrogen and oxygen atoms in total. The molecule has 0 saturated heterocycles. The lowest BCUT2D eigenvalue weighted by Gasteiger charge is -2.10. The molecule has 1 N–H and O–H groups in total. The maximum Gasteiger partial charge on any atom is 0.336 e. The lowest BCUT2D eigenvalue weighted by atomic mass is 10.0. The first-order chi connectivity index (χ1) is 14.1. The van der Waals surface area contributed by atoms with Gasteiger partial charge in [0.25, 0.3) is 0 Å². The number of benzene rings is 2. The van der Waals surface area contributed by atoms with Gasteiger partial charge in [-0.15, -0.1) is 0 Å². The van der Waals surface area contributed by atoms with Crippen molar-refractivity contribution in [1.82, 2.24) is 4.98 Å². The van der Waals surface area contributed by atoms with Crippen LogP contribution in [0.5, 0.6) is 0 Å². The van der Waals surface area contributed by atoms with Crippen molar-refractivity contribution in [2.45, 2.75) is 39.4 Å². The fraction of sp³-hybridized carbons (Fsp3) is 0.333. The topological polar surface area (TPSA) is 68.7 Å². The molecule has 3 rings (SSSR count). The zero-order valence-electron chi connectivity index (χ0n) is 16.8. The number of rotatable bonds is 11. The molecular formula is C24H27NO4. The molecule has 0 aliphatic rings. The van der Waals surface area contributed by atoms with Gasteiger partial charge in [0.15, 0.2) is 0 Å². The highest BCUT2D eigenvalue weighted by Crippen LogP contribution is 2.16. The molecule has 0 amide bonds. The van der Waals surface area contributed by atoms with E-state index in [4.69, 9.17) is 9.47 Å². The minimum Gasteiger partial charge on any atom is -0.478 e. The van der Waals surface area contributed by atoms with Gasteiger partial charge < -0.3 is 14.6 Å². The summed E-state index contributed by atoms with van der Waals surface area (Å²) in [5.41, 5.74) is 3.77. The lowest BCUT2D eigenvalue weighted by Crippen LogP contribution is -2.07. The Hall–Kier alpha value is -2.76. The summed E-state index contributed by atoms with van der Waals surface area (Å²) in [7, 11) is 0. The van der Waals surface area contributed by atoms with Gasteiger partial charge in [0.1, 0.15) is 0 Å². The van der Waals surface area contributed by atoms with Crippen LogP contribution in [0.2, 0.25) is 0 Å². The number of carboxylic acid groups (broad SMARTS) is 1. The van der Waals surface area contributed by atoms with E-state index in [2.05, 4.69) is 17.1 Å². The summed E-state index contributed by atoms with van der Waals surface area (Å²) in [5, 5.41) is 10.5. The number of carbonyl (C=O) groups is 1. The third-order valence-corrected chi connectivity index (χ3v) is 4.81. The van der Waals surface area contributed by atoms with Crippen molar-refractivity contribution in [3.05, 3.63) is 77.0 Å². The van der Waals surface area contributed by atoms with Gasteiger partial charge in [-0.25, -0.2) is 4.79 Å². The Balaban J connectivity index is 1.29. The average molecular weight is 393 g/mol. The normalized spacial score (nSPS) is 11.1. The molecule has 0 spiro atoms. The third-order valence-electron chi connectivity index (χ3n) is 4.81. The number of para-hydroxylation sites is 1. The van der Waals surface area contributed by atoms with E-state index < -0.39 is 5.97 Å². The van der Waals surface area contributed by atoms with Crippen molar-refractivity contribution in [3.63, 3.8) is 0 Å². The Labute approximate surface area is 171 Å². The van der Waals surface area contributed by atoms with Crippen molar-refractivity contribution in [2.75, 3.05) is 13.2 Å². The summed E-state index contributed by atoms with van der Waals surface area (Å²) in [6.07, 6.45) is 2.89. The van der Waals surface area contributed by atoms with Crippen LogP contribution in [-0.4, -0.2) is 29.3 Å². The summed E-state index contributed by atoms with van der Waals surface area (Å²) in [6, 6.07) is 17.6. The van der Waals surface area contributed by atoms with Crippen molar-refractivity contribution in [1.29, 1.82) is 0 Å². The number of unbranched alkanes of at least 4 members (excludes halogenated alkanes) is 2. The molecule has 0 aliphatic carbocycles. The van der Waals surface area contributed by atoms with Crippen LogP contribution in [-0.2, 0) is 22.7 Å². The quantitative estimate of drug-likeness (QED) is 0.457. The minimum absolute atomic E-state index is 0.327. The molecule has 0 unspecified atom stereocenters. The van der Waals surface area contributed by atoms with Crippen molar-refractivity contribution >= 4 is 16.9 Å². The summed E-state index contributed by atoms with van der Waals surface area (Å²) in [5.74, 6) is -0.903. The molecule has 2 aromatic carbocycles. The van der Waals surface area contributed by atoms with Crippen LogP contribution in [0.4, 0.5) is 0 Å². The van der Waals surface area contributed by atoms with Crippen LogP contribution in [0.3, 0.4) is 0 Å². The van der Waals surface area contributed by atoms with Crippen LogP contribution in [0.1, 0.15) is 46.4 Å². The Morgan fingerprint density at radius 1 is 0.897 bits per heavy atom. The number of aryl methyl sites for hydroxylation is 1. The van der Waals surface area contributed by atoms with E-state index in [1.165, 1.54) is 0 Å². The van der Waals surface area contributed by atoms with Crippen LogP contribution in [0.15, 0.2) is 54.6 Å². The van der Waals surface area contributed by atoms with Gasteiger partial charge in [-0.1, -0.05) is 42.5 Å². The number of nitrogens with zero attached hydrogens (tertiary/aromatic N) is 1. The Morgan fingerprint density at radius 2 is 1.66 bits per heavy atom. The van der Waals surface area contributed by atoms with Gasteiger partial charge >= 0.3 is 5.97 Å². The maximum atomic E-state index is 11.4. The molecule has 0 aliphatic heterocycles. The molecule has 0 bridgehead atoms. The second-order valence-corrected chi connectivity index (χ2v) is 7.08. The van der Waals surface area contributed by atoms with Gasteiger partial charge in [0, 0.05) is 18.6 Å².